The molecular weight excluding hydrogens is 350 g/mol. The summed E-state index contributed by atoms with van der Waals surface area (Å²) in [5, 5.41) is 0. The summed E-state index contributed by atoms with van der Waals surface area (Å²) in [6.07, 6.45) is -2.35. The second kappa shape index (κ2) is 6.90. The minimum absolute atomic E-state index is 0.0227. The average Bonchev–Trinajstić information content (AvgIpc) is 3.43. The molecule has 0 atom stereocenters. The molecule has 3 rings (SSSR count). The number of hydrogen-bond donors (Lipinski definition) is 0. The highest BCUT2D eigenvalue weighted by Gasteiger charge is 2.32. The van der Waals surface area contributed by atoms with E-state index in [9.17, 15) is 27.2 Å². The first-order valence-electron chi connectivity index (χ1n) is 8.04. The van der Waals surface area contributed by atoms with Crippen molar-refractivity contribution in [1.29, 1.82) is 0 Å². The third kappa shape index (κ3) is 3.76. The number of alkyl halides is 3. The molecule has 2 aromatic carbocycles. The molecule has 3 nitrogen and oxygen atoms in total. The Hall–Kier alpha value is -2.70. The van der Waals surface area contributed by atoms with Gasteiger partial charge in [-0.25, -0.2) is 4.39 Å². The number of hydrogen-bond acceptors (Lipinski definition) is 2. The van der Waals surface area contributed by atoms with Crippen LogP contribution in [0.4, 0.5) is 23.2 Å². The maximum Gasteiger partial charge on any atom is 0.416 e. The number of rotatable bonds is 5. The molecule has 136 valence electrons. The lowest BCUT2D eigenvalue weighted by Crippen LogP contribution is -2.34. The summed E-state index contributed by atoms with van der Waals surface area (Å²) < 4.78 is 52.6. The van der Waals surface area contributed by atoms with Crippen LogP contribution in [0.2, 0.25) is 0 Å². The fourth-order valence-corrected chi connectivity index (χ4v) is 2.64. The number of anilines is 1. The van der Waals surface area contributed by atoms with Crippen molar-refractivity contribution in [2.75, 3.05) is 11.4 Å². The van der Waals surface area contributed by atoms with E-state index < -0.39 is 23.5 Å². The maximum atomic E-state index is 14.5. The zero-order chi connectivity index (χ0) is 18.9. The molecule has 0 unspecified atom stereocenters. The molecule has 0 spiro atoms. The van der Waals surface area contributed by atoms with Crippen molar-refractivity contribution >= 4 is 17.9 Å². The third-order valence-electron chi connectivity index (χ3n) is 4.27. The molecule has 0 N–H and O–H groups in total. The lowest BCUT2D eigenvalue weighted by molar-refractivity contribution is -0.137. The molecule has 2 aromatic rings. The fraction of sp³-hybridized carbons (Fsp3) is 0.263. The summed E-state index contributed by atoms with van der Waals surface area (Å²) in [5.74, 6) is -1.20. The van der Waals surface area contributed by atoms with Crippen LogP contribution in [0.1, 0.15) is 39.1 Å². The Kier molecular flexibility index (Phi) is 4.80. The molecule has 0 heterocycles. The van der Waals surface area contributed by atoms with Gasteiger partial charge in [0, 0.05) is 12.1 Å². The van der Waals surface area contributed by atoms with Crippen LogP contribution >= 0.6 is 0 Å². The van der Waals surface area contributed by atoms with Crippen LogP contribution in [0.5, 0.6) is 0 Å². The highest BCUT2D eigenvalue weighted by molar-refractivity contribution is 6.06. The number of carbonyl (C=O) groups is 2. The number of amides is 1. The van der Waals surface area contributed by atoms with Crippen molar-refractivity contribution < 1.29 is 27.2 Å². The third-order valence-corrected chi connectivity index (χ3v) is 4.27. The number of benzene rings is 2. The van der Waals surface area contributed by atoms with Gasteiger partial charge in [0.1, 0.15) is 0 Å². The Morgan fingerprint density at radius 1 is 1.12 bits per heavy atom. The van der Waals surface area contributed by atoms with Gasteiger partial charge < -0.3 is 4.90 Å². The zero-order valence-corrected chi connectivity index (χ0v) is 13.6. The van der Waals surface area contributed by atoms with E-state index in [0.717, 1.165) is 37.1 Å². The molecule has 0 aromatic heterocycles. The lowest BCUT2D eigenvalue weighted by atomic mass is 10.1. The Bertz CT molecular complexity index is 826. The molecule has 0 saturated heterocycles. The van der Waals surface area contributed by atoms with E-state index in [1.165, 1.54) is 23.1 Å². The molecule has 0 aliphatic heterocycles. The quantitative estimate of drug-likeness (QED) is 0.568. The van der Waals surface area contributed by atoms with Gasteiger partial charge in [0.25, 0.3) is 5.91 Å². The maximum absolute atomic E-state index is 14.5. The smallest absolute Gasteiger partial charge is 0.305 e. The Morgan fingerprint density at radius 3 is 2.31 bits per heavy atom. The van der Waals surface area contributed by atoms with Crippen LogP contribution in [-0.4, -0.2) is 18.7 Å². The predicted molar refractivity (Wildman–Crippen MR) is 87.6 cm³/mol. The first-order chi connectivity index (χ1) is 12.3. The second-order valence-electron chi connectivity index (χ2n) is 6.23. The monoisotopic (exact) mass is 365 g/mol. The van der Waals surface area contributed by atoms with Crippen LogP contribution < -0.4 is 4.90 Å². The Morgan fingerprint density at radius 2 is 1.77 bits per heavy atom. The first-order valence-corrected chi connectivity index (χ1v) is 8.04. The van der Waals surface area contributed by atoms with Crippen LogP contribution in [0.15, 0.2) is 42.5 Å². The normalized spacial score (nSPS) is 14.2. The largest absolute Gasteiger partial charge is 0.416 e. The number of aldehydes is 1. The second-order valence-corrected chi connectivity index (χ2v) is 6.23. The van der Waals surface area contributed by atoms with Crippen molar-refractivity contribution in [3.63, 3.8) is 0 Å². The van der Waals surface area contributed by atoms with Gasteiger partial charge in [0.05, 0.1) is 16.8 Å². The summed E-state index contributed by atoms with van der Waals surface area (Å²) >= 11 is 0. The van der Waals surface area contributed by atoms with Gasteiger partial charge in [-0.15, -0.1) is 0 Å². The molecular formula is C19H15F4NO2. The topological polar surface area (TPSA) is 37.4 Å². The van der Waals surface area contributed by atoms with E-state index >= 15 is 0 Å². The molecule has 1 aliphatic rings. The van der Waals surface area contributed by atoms with Gasteiger partial charge in [0.2, 0.25) is 0 Å². The molecule has 0 radical (unpaired) electrons. The van der Waals surface area contributed by atoms with Crippen molar-refractivity contribution in [2.24, 2.45) is 5.92 Å². The van der Waals surface area contributed by atoms with Crippen LogP contribution in [0.25, 0.3) is 0 Å². The summed E-state index contributed by atoms with van der Waals surface area (Å²) in [4.78, 5) is 25.0. The van der Waals surface area contributed by atoms with Crippen molar-refractivity contribution in [3.8, 4) is 0 Å². The molecule has 0 bridgehead atoms. The van der Waals surface area contributed by atoms with E-state index in [1.54, 1.807) is 0 Å². The lowest BCUT2D eigenvalue weighted by Gasteiger charge is -2.24. The summed E-state index contributed by atoms with van der Waals surface area (Å²) in [7, 11) is 0. The van der Waals surface area contributed by atoms with Crippen LogP contribution in [0.3, 0.4) is 0 Å². The molecule has 1 amide bonds. The highest BCUT2D eigenvalue weighted by atomic mass is 19.4. The summed E-state index contributed by atoms with van der Waals surface area (Å²) in [5.41, 5.74) is -1.07. The van der Waals surface area contributed by atoms with Crippen molar-refractivity contribution in [2.45, 2.75) is 19.0 Å². The van der Waals surface area contributed by atoms with Gasteiger partial charge in [-0.2, -0.15) is 13.2 Å². The highest BCUT2D eigenvalue weighted by Crippen LogP contribution is 2.34. The van der Waals surface area contributed by atoms with E-state index in [0.29, 0.717) is 6.29 Å². The van der Waals surface area contributed by atoms with Crippen molar-refractivity contribution in [3.05, 3.63) is 65.0 Å². The SMILES string of the molecule is O=Cc1cccc(N(CC2CC2)C(=O)c2ccc(C(F)(F)F)cc2)c1F. The van der Waals surface area contributed by atoms with Gasteiger partial charge >= 0.3 is 6.18 Å². The molecule has 1 fully saturated rings. The number of nitrogens with zero attached hydrogens (tertiary/aromatic N) is 1. The molecule has 7 heteroatoms. The number of carbonyl (C=O) groups excluding carboxylic acids is 2. The average molecular weight is 365 g/mol. The van der Waals surface area contributed by atoms with E-state index in [2.05, 4.69) is 0 Å². The zero-order valence-electron chi connectivity index (χ0n) is 13.6. The summed E-state index contributed by atoms with van der Waals surface area (Å²) in [6, 6.07) is 7.93. The Balaban J connectivity index is 1.95. The van der Waals surface area contributed by atoms with Gasteiger partial charge in [-0.05, 0) is 55.2 Å². The predicted octanol–water partition coefficient (Wildman–Crippen LogP) is 4.71. The van der Waals surface area contributed by atoms with E-state index in [-0.39, 0.29) is 29.3 Å². The van der Waals surface area contributed by atoms with Gasteiger partial charge in [-0.1, -0.05) is 6.07 Å². The van der Waals surface area contributed by atoms with E-state index in [4.69, 9.17) is 0 Å². The van der Waals surface area contributed by atoms with Crippen molar-refractivity contribution in [1.82, 2.24) is 0 Å². The molecule has 1 aliphatic carbocycles. The van der Waals surface area contributed by atoms with Crippen LogP contribution in [0, 0.1) is 11.7 Å². The van der Waals surface area contributed by atoms with E-state index in [1.807, 2.05) is 0 Å². The summed E-state index contributed by atoms with van der Waals surface area (Å²) in [6.45, 7) is 0.249. The molecule has 1 saturated carbocycles. The van der Waals surface area contributed by atoms with Gasteiger partial charge in [0.15, 0.2) is 12.1 Å². The minimum atomic E-state index is -4.50. The first kappa shape index (κ1) is 18.1. The molecule has 26 heavy (non-hydrogen) atoms. The Labute approximate surface area is 147 Å². The standard InChI is InChI=1S/C19H15F4NO2/c20-17-14(11-25)2-1-3-16(17)24(10-12-4-5-12)18(26)13-6-8-15(9-7-13)19(21,22)23/h1-3,6-9,11-12H,4-5,10H2. The van der Waals surface area contributed by atoms with Gasteiger partial charge in [-0.3, -0.25) is 9.59 Å². The minimum Gasteiger partial charge on any atom is -0.305 e. The number of halogens is 4. The fourth-order valence-electron chi connectivity index (χ4n) is 2.64. The van der Waals surface area contributed by atoms with Crippen LogP contribution in [-0.2, 0) is 6.18 Å².